The van der Waals surface area contributed by atoms with E-state index in [9.17, 15) is 18.0 Å². The molecule has 0 aromatic heterocycles. The van der Waals surface area contributed by atoms with E-state index in [1.807, 2.05) is 0 Å². The Labute approximate surface area is 77.5 Å². The average molecular weight is 209 g/mol. The van der Waals surface area contributed by atoms with Crippen molar-refractivity contribution in [2.45, 2.75) is 6.18 Å². The molecule has 7 heteroatoms. The molecule has 0 aliphatic heterocycles. The molecule has 0 aromatic carbocycles. The first kappa shape index (κ1) is 12.4. The Morgan fingerprint density at radius 1 is 1.50 bits per heavy atom. The minimum absolute atomic E-state index is 0.499. The van der Waals surface area contributed by atoms with E-state index in [1.54, 1.807) is 0 Å². The van der Waals surface area contributed by atoms with E-state index in [1.165, 1.54) is 6.07 Å². The molecule has 78 valence electrons. The number of hydrogen-bond donors (Lipinski definition) is 0. The summed E-state index contributed by atoms with van der Waals surface area (Å²) in [5.41, 5.74) is -0.499. The lowest BCUT2D eigenvalue weighted by Gasteiger charge is -2.07. The summed E-state index contributed by atoms with van der Waals surface area (Å²) >= 11 is 0. The van der Waals surface area contributed by atoms with Gasteiger partial charge in [-0.2, -0.15) is 18.4 Å². The predicted octanol–water partition coefficient (Wildman–Crippen LogP) is 1.15. The summed E-state index contributed by atoms with van der Waals surface area (Å²) in [5.74, 6) is -1.10. The third kappa shape index (κ3) is 6.02. The summed E-state index contributed by atoms with van der Waals surface area (Å²) in [6, 6.07) is 1.38. The zero-order valence-corrected chi connectivity index (χ0v) is 6.93. The number of nitrogens with zero attached hydrogens (tertiary/aromatic N) is 1. The van der Waals surface area contributed by atoms with Crippen LogP contribution in [0.4, 0.5) is 13.2 Å². The van der Waals surface area contributed by atoms with Gasteiger partial charge in [0.2, 0.25) is 0 Å². The number of carbonyl (C=O) groups excluding carboxylic acids is 1. The van der Waals surface area contributed by atoms with Gasteiger partial charge < -0.3 is 9.47 Å². The second-order valence-corrected chi connectivity index (χ2v) is 2.10. The fourth-order valence-corrected chi connectivity index (χ4v) is 0.385. The topological polar surface area (TPSA) is 59.3 Å². The van der Waals surface area contributed by atoms with Gasteiger partial charge in [-0.25, -0.2) is 4.79 Å². The third-order valence-electron chi connectivity index (χ3n) is 0.920. The van der Waals surface area contributed by atoms with Gasteiger partial charge in [-0.15, -0.1) is 0 Å². The largest absolute Gasteiger partial charge is 0.434 e. The second kappa shape index (κ2) is 5.24. The van der Waals surface area contributed by atoms with Crippen molar-refractivity contribution < 1.29 is 27.4 Å². The van der Waals surface area contributed by atoms with Crippen LogP contribution in [0.2, 0.25) is 0 Å². The number of halogens is 3. The lowest BCUT2D eigenvalue weighted by atomic mass is 10.3. The molecule has 0 fully saturated rings. The van der Waals surface area contributed by atoms with Gasteiger partial charge in [0.05, 0.1) is 0 Å². The molecule has 0 bridgehead atoms. The first-order valence-electron chi connectivity index (χ1n) is 3.27. The quantitative estimate of drug-likeness (QED) is 0.229. The minimum atomic E-state index is -4.47. The van der Waals surface area contributed by atoms with Crippen molar-refractivity contribution in [3.8, 4) is 6.07 Å². The molecule has 0 radical (unpaired) electrons. The van der Waals surface area contributed by atoms with Crippen molar-refractivity contribution in [3.05, 3.63) is 12.2 Å². The molecule has 0 rings (SSSR count). The van der Waals surface area contributed by atoms with E-state index >= 15 is 0 Å². The van der Waals surface area contributed by atoms with Crippen molar-refractivity contribution in [1.82, 2.24) is 0 Å². The molecule has 14 heavy (non-hydrogen) atoms. The molecule has 0 aromatic rings. The van der Waals surface area contributed by atoms with Crippen molar-refractivity contribution >= 4 is 5.97 Å². The van der Waals surface area contributed by atoms with Crippen LogP contribution < -0.4 is 0 Å². The molecule has 0 heterocycles. The number of alkyl halides is 3. The van der Waals surface area contributed by atoms with Gasteiger partial charge in [0.15, 0.2) is 6.79 Å². The van der Waals surface area contributed by atoms with E-state index in [-0.39, 0.29) is 0 Å². The minimum Gasteiger partial charge on any atom is -0.434 e. The summed E-state index contributed by atoms with van der Waals surface area (Å²) in [4.78, 5) is 10.6. The number of rotatable bonds is 4. The molecule has 0 aliphatic carbocycles. The van der Waals surface area contributed by atoms with Crippen molar-refractivity contribution in [2.75, 3.05) is 13.4 Å². The highest BCUT2D eigenvalue weighted by Crippen LogP contribution is 2.14. The number of hydrogen-bond acceptors (Lipinski definition) is 4. The monoisotopic (exact) mass is 209 g/mol. The molecule has 0 aliphatic rings. The smallest absolute Gasteiger partial charge is 0.411 e. The Kier molecular flexibility index (Phi) is 4.66. The summed E-state index contributed by atoms with van der Waals surface area (Å²) in [6.45, 7) is 0.611. The molecule has 0 saturated carbocycles. The van der Waals surface area contributed by atoms with Crippen LogP contribution in [0.15, 0.2) is 12.2 Å². The summed E-state index contributed by atoms with van der Waals surface area (Å²) in [5, 5.41) is 8.12. The Balaban J connectivity index is 3.62. The van der Waals surface area contributed by atoms with Crippen LogP contribution in [0.5, 0.6) is 0 Å². The molecular weight excluding hydrogens is 203 g/mol. The van der Waals surface area contributed by atoms with E-state index in [0.29, 0.717) is 0 Å². The van der Waals surface area contributed by atoms with E-state index in [4.69, 9.17) is 5.26 Å². The van der Waals surface area contributed by atoms with Gasteiger partial charge in [0.1, 0.15) is 18.2 Å². The number of carbonyl (C=O) groups is 1. The van der Waals surface area contributed by atoms with Crippen LogP contribution in [0.1, 0.15) is 0 Å². The Morgan fingerprint density at radius 2 is 2.07 bits per heavy atom. The highest BCUT2D eigenvalue weighted by atomic mass is 19.4. The van der Waals surface area contributed by atoms with Crippen molar-refractivity contribution in [3.63, 3.8) is 0 Å². The normalized spacial score (nSPS) is 10.4. The van der Waals surface area contributed by atoms with Crippen LogP contribution in [-0.4, -0.2) is 25.5 Å². The molecule has 0 saturated heterocycles. The Hall–Kier alpha value is -1.55. The van der Waals surface area contributed by atoms with Gasteiger partial charge in [-0.05, 0) is 0 Å². The summed E-state index contributed by atoms with van der Waals surface area (Å²) in [7, 11) is 0. The number of nitriles is 1. The molecule has 0 atom stereocenters. The van der Waals surface area contributed by atoms with E-state index in [0.717, 1.165) is 0 Å². The maximum absolute atomic E-state index is 11.5. The second-order valence-electron chi connectivity index (χ2n) is 2.10. The Bertz CT molecular complexity index is 266. The number of esters is 1. The fraction of sp³-hybridized carbons (Fsp3) is 0.429. The van der Waals surface area contributed by atoms with Gasteiger partial charge in [-0.3, -0.25) is 0 Å². The average Bonchev–Trinajstić information content (AvgIpc) is 2.09. The molecule has 0 amide bonds. The van der Waals surface area contributed by atoms with Gasteiger partial charge >= 0.3 is 12.1 Å². The van der Waals surface area contributed by atoms with Crippen LogP contribution in [-0.2, 0) is 14.3 Å². The van der Waals surface area contributed by atoms with Crippen LogP contribution in [0, 0.1) is 11.3 Å². The fourth-order valence-electron chi connectivity index (χ4n) is 0.385. The molecule has 0 N–H and O–H groups in total. The zero-order valence-electron chi connectivity index (χ0n) is 6.93. The van der Waals surface area contributed by atoms with Gasteiger partial charge in [0, 0.05) is 0 Å². The Morgan fingerprint density at radius 3 is 2.50 bits per heavy atom. The summed E-state index contributed by atoms with van der Waals surface area (Å²) < 4.78 is 42.5. The van der Waals surface area contributed by atoms with Crippen molar-refractivity contribution in [1.29, 1.82) is 5.26 Å². The van der Waals surface area contributed by atoms with E-state index in [2.05, 4.69) is 16.1 Å². The zero-order chi connectivity index (χ0) is 11.2. The van der Waals surface area contributed by atoms with Gasteiger partial charge in [0.25, 0.3) is 0 Å². The third-order valence-corrected chi connectivity index (χ3v) is 0.920. The van der Waals surface area contributed by atoms with Crippen LogP contribution in [0.25, 0.3) is 0 Å². The highest BCUT2D eigenvalue weighted by Gasteiger charge is 2.27. The molecule has 0 unspecified atom stereocenters. The SMILES string of the molecule is C=C(C#N)C(=O)OCOCC(F)(F)F. The first-order valence-corrected chi connectivity index (χ1v) is 3.27. The molecular formula is C7H6F3NO3. The van der Waals surface area contributed by atoms with Crippen LogP contribution in [0.3, 0.4) is 0 Å². The molecule has 0 spiro atoms. The number of ether oxygens (including phenoxy) is 2. The first-order chi connectivity index (χ1) is 6.37. The maximum Gasteiger partial charge on any atom is 0.411 e. The predicted molar refractivity (Wildman–Crippen MR) is 37.7 cm³/mol. The lowest BCUT2D eigenvalue weighted by molar-refractivity contribution is -0.198. The molecule has 4 nitrogen and oxygen atoms in total. The lowest BCUT2D eigenvalue weighted by Crippen LogP contribution is -2.19. The van der Waals surface area contributed by atoms with E-state index < -0.39 is 31.1 Å². The van der Waals surface area contributed by atoms with Crippen LogP contribution >= 0.6 is 0 Å². The van der Waals surface area contributed by atoms with Gasteiger partial charge in [-0.1, -0.05) is 6.58 Å². The highest BCUT2D eigenvalue weighted by molar-refractivity contribution is 5.91. The van der Waals surface area contributed by atoms with Crippen molar-refractivity contribution in [2.24, 2.45) is 0 Å². The maximum atomic E-state index is 11.5. The summed E-state index contributed by atoms with van der Waals surface area (Å²) in [6.07, 6.45) is -4.47. The standard InChI is InChI=1S/C7H6F3NO3/c1-5(2-11)6(12)14-4-13-3-7(8,9)10/h1,3-4H2.